The normalized spacial score (nSPS) is 9.11. The Balaban J connectivity index is 2.18. The Labute approximate surface area is 103 Å². The molecule has 0 spiro atoms. The van der Waals surface area contributed by atoms with Crippen molar-refractivity contribution in [3.63, 3.8) is 0 Å². The van der Waals surface area contributed by atoms with Gasteiger partial charge in [0.1, 0.15) is 6.61 Å². The molecule has 7 heteroatoms. The van der Waals surface area contributed by atoms with Crippen LogP contribution in [0.3, 0.4) is 0 Å². The minimum atomic E-state index is -0.624. The number of amides is 2. The summed E-state index contributed by atoms with van der Waals surface area (Å²) >= 11 is 0. The number of carbonyl (C=O) groups is 2. The third-order valence-electron chi connectivity index (χ3n) is 1.98. The number of alkyl carbamates (subject to hydrolysis) is 1. The predicted molar refractivity (Wildman–Crippen MR) is 63.4 cm³/mol. The number of nitrogens with one attached hydrogen (secondary N) is 1. The minimum Gasteiger partial charge on any atom is -0.445 e. The lowest BCUT2D eigenvalue weighted by Gasteiger charge is -2.05. The van der Waals surface area contributed by atoms with Gasteiger partial charge in [-0.2, -0.15) is 0 Å². The lowest BCUT2D eigenvalue weighted by molar-refractivity contribution is -0.117. The Morgan fingerprint density at radius 2 is 2.06 bits per heavy atom. The topological polar surface area (TPSA) is 104 Å². The molecule has 0 saturated carbocycles. The Bertz CT molecular complexity index is 455. The summed E-state index contributed by atoms with van der Waals surface area (Å²) in [4.78, 5) is 24.3. The van der Waals surface area contributed by atoms with Crippen molar-refractivity contribution in [1.82, 2.24) is 5.32 Å². The van der Waals surface area contributed by atoms with Gasteiger partial charge < -0.3 is 10.1 Å². The molecule has 18 heavy (non-hydrogen) atoms. The fourth-order valence-corrected chi connectivity index (χ4v) is 1.15. The summed E-state index contributed by atoms with van der Waals surface area (Å²) in [6.07, 6.45) is -0.669. The molecule has 1 rings (SSSR count). The van der Waals surface area contributed by atoms with Crippen LogP contribution in [0.2, 0.25) is 0 Å². The number of carbonyl (C=O) groups excluding carboxylic acids is 2. The van der Waals surface area contributed by atoms with E-state index in [2.05, 4.69) is 15.3 Å². The molecule has 2 amide bonds. The first-order valence-corrected chi connectivity index (χ1v) is 5.25. The van der Waals surface area contributed by atoms with Crippen molar-refractivity contribution in [1.29, 1.82) is 0 Å². The fraction of sp³-hybridized carbons (Fsp3) is 0.273. The van der Waals surface area contributed by atoms with Gasteiger partial charge in [0, 0.05) is 17.9 Å². The van der Waals surface area contributed by atoms with E-state index in [-0.39, 0.29) is 19.6 Å². The summed E-state index contributed by atoms with van der Waals surface area (Å²) in [5.74, 6) is -0.624. The van der Waals surface area contributed by atoms with E-state index < -0.39 is 12.0 Å². The Morgan fingerprint density at radius 1 is 1.33 bits per heavy atom. The Hall–Kier alpha value is -2.53. The van der Waals surface area contributed by atoms with Crippen molar-refractivity contribution >= 4 is 12.0 Å². The molecule has 0 aliphatic heterocycles. The summed E-state index contributed by atoms with van der Waals surface area (Å²) in [6, 6.07) is 9.21. The monoisotopic (exact) mass is 248 g/mol. The summed E-state index contributed by atoms with van der Waals surface area (Å²) in [7, 11) is 0. The molecule has 1 N–H and O–H groups in total. The van der Waals surface area contributed by atoms with Gasteiger partial charge in [-0.15, -0.1) is 0 Å². The van der Waals surface area contributed by atoms with Gasteiger partial charge in [0.25, 0.3) is 0 Å². The molecule has 0 heterocycles. The molecular weight excluding hydrogens is 236 g/mol. The molecule has 0 fully saturated rings. The van der Waals surface area contributed by atoms with E-state index in [9.17, 15) is 9.59 Å². The maximum Gasteiger partial charge on any atom is 0.407 e. The van der Waals surface area contributed by atoms with Gasteiger partial charge in [0.15, 0.2) is 0 Å². The highest BCUT2D eigenvalue weighted by molar-refractivity contribution is 5.77. The average Bonchev–Trinajstić information content (AvgIpc) is 2.38. The van der Waals surface area contributed by atoms with Gasteiger partial charge in [0.2, 0.25) is 5.91 Å². The van der Waals surface area contributed by atoms with Crippen LogP contribution in [0.5, 0.6) is 0 Å². The van der Waals surface area contributed by atoms with Gasteiger partial charge in [-0.25, -0.2) is 4.79 Å². The second-order valence-electron chi connectivity index (χ2n) is 3.32. The fourth-order valence-electron chi connectivity index (χ4n) is 1.15. The van der Waals surface area contributed by atoms with Crippen LogP contribution >= 0.6 is 0 Å². The van der Waals surface area contributed by atoms with E-state index in [1.807, 2.05) is 30.3 Å². The molecule has 0 aliphatic carbocycles. The highest BCUT2D eigenvalue weighted by Crippen LogP contribution is 2.00. The van der Waals surface area contributed by atoms with Crippen molar-refractivity contribution in [3.8, 4) is 0 Å². The first-order valence-electron chi connectivity index (χ1n) is 5.25. The SMILES string of the molecule is [N-]=[N+]=NC(=O)CCNC(=O)OCc1ccccc1. The number of nitrogens with zero attached hydrogens (tertiary/aromatic N) is 3. The van der Waals surface area contributed by atoms with Crippen LogP contribution in [0.4, 0.5) is 4.79 Å². The molecule has 1 aromatic rings. The molecule has 1 aromatic carbocycles. The van der Waals surface area contributed by atoms with Crippen molar-refractivity contribution < 1.29 is 14.3 Å². The van der Waals surface area contributed by atoms with Gasteiger partial charge in [-0.05, 0) is 16.2 Å². The molecule has 0 aliphatic rings. The van der Waals surface area contributed by atoms with E-state index >= 15 is 0 Å². The molecule has 0 saturated heterocycles. The molecule has 7 nitrogen and oxygen atoms in total. The second-order valence-corrected chi connectivity index (χ2v) is 3.32. The molecule has 0 unspecified atom stereocenters. The molecule has 0 radical (unpaired) electrons. The van der Waals surface area contributed by atoms with Crippen LogP contribution in [-0.4, -0.2) is 18.5 Å². The van der Waals surface area contributed by atoms with Crippen molar-refractivity contribution in [2.75, 3.05) is 6.54 Å². The van der Waals surface area contributed by atoms with E-state index in [1.165, 1.54) is 0 Å². The number of rotatable bonds is 5. The first-order chi connectivity index (χ1) is 8.72. The van der Waals surface area contributed by atoms with Crippen LogP contribution in [0.1, 0.15) is 12.0 Å². The Kier molecular flexibility index (Phi) is 5.79. The second kappa shape index (κ2) is 7.70. The summed E-state index contributed by atoms with van der Waals surface area (Å²) in [5.41, 5.74) is 8.85. The summed E-state index contributed by atoms with van der Waals surface area (Å²) in [5, 5.41) is 5.24. The lowest BCUT2D eigenvalue weighted by Crippen LogP contribution is -2.26. The summed E-state index contributed by atoms with van der Waals surface area (Å²) < 4.78 is 4.91. The van der Waals surface area contributed by atoms with Crippen LogP contribution in [0, 0.1) is 0 Å². The average molecular weight is 248 g/mol. The van der Waals surface area contributed by atoms with Gasteiger partial charge in [-0.3, -0.25) is 4.79 Å². The van der Waals surface area contributed by atoms with Crippen LogP contribution in [0.25, 0.3) is 10.4 Å². The summed E-state index contributed by atoms with van der Waals surface area (Å²) in [6.45, 7) is 0.239. The molecule has 0 bridgehead atoms. The number of hydrogen-bond donors (Lipinski definition) is 1. The first kappa shape index (κ1) is 13.5. The van der Waals surface area contributed by atoms with Gasteiger partial charge >= 0.3 is 6.09 Å². The van der Waals surface area contributed by atoms with Crippen molar-refractivity contribution in [2.24, 2.45) is 5.11 Å². The van der Waals surface area contributed by atoms with Crippen molar-refractivity contribution in [2.45, 2.75) is 13.0 Å². The number of ether oxygens (including phenoxy) is 1. The maximum atomic E-state index is 11.2. The zero-order valence-electron chi connectivity index (χ0n) is 9.57. The maximum absolute atomic E-state index is 11.2. The van der Waals surface area contributed by atoms with Gasteiger partial charge in [0.05, 0.1) is 0 Å². The highest BCUT2D eigenvalue weighted by atomic mass is 16.5. The number of hydrogen-bond acceptors (Lipinski definition) is 3. The van der Waals surface area contributed by atoms with E-state index in [0.717, 1.165) is 5.56 Å². The zero-order chi connectivity index (χ0) is 13.2. The standard InChI is InChI=1S/C11H12N4O3/c12-15-14-10(16)6-7-13-11(17)18-8-9-4-2-1-3-5-9/h1-5H,6-8H2,(H,13,17). The van der Waals surface area contributed by atoms with E-state index in [4.69, 9.17) is 10.3 Å². The largest absolute Gasteiger partial charge is 0.445 e. The van der Waals surface area contributed by atoms with Crippen LogP contribution in [0.15, 0.2) is 35.4 Å². The van der Waals surface area contributed by atoms with Gasteiger partial charge in [-0.1, -0.05) is 30.3 Å². The minimum absolute atomic E-state index is 0.0511. The van der Waals surface area contributed by atoms with Crippen LogP contribution in [-0.2, 0) is 16.1 Å². The van der Waals surface area contributed by atoms with E-state index in [0.29, 0.717) is 0 Å². The zero-order valence-corrected chi connectivity index (χ0v) is 9.57. The molecule has 0 atom stereocenters. The number of benzene rings is 1. The molecule has 94 valence electrons. The molecular formula is C11H12N4O3. The predicted octanol–water partition coefficient (Wildman–Crippen LogP) is 2.14. The highest BCUT2D eigenvalue weighted by Gasteiger charge is 2.03. The van der Waals surface area contributed by atoms with Crippen molar-refractivity contribution in [3.05, 3.63) is 46.3 Å². The van der Waals surface area contributed by atoms with E-state index in [1.54, 1.807) is 0 Å². The van der Waals surface area contributed by atoms with Crippen LogP contribution < -0.4 is 5.32 Å². The smallest absolute Gasteiger partial charge is 0.407 e. The third kappa shape index (κ3) is 5.53. The lowest BCUT2D eigenvalue weighted by atomic mass is 10.2. The Morgan fingerprint density at radius 3 is 2.72 bits per heavy atom. The third-order valence-corrected chi connectivity index (χ3v) is 1.98. The quantitative estimate of drug-likeness (QED) is 0.490. The number of azide groups is 1. The molecule has 0 aromatic heterocycles.